The molecule has 2 N–H and O–H groups in total. The summed E-state index contributed by atoms with van der Waals surface area (Å²) in [5.74, 6) is 1.60. The first-order chi connectivity index (χ1) is 13.5. The molecule has 1 aromatic rings. The van der Waals surface area contributed by atoms with E-state index in [2.05, 4.69) is 15.2 Å². The van der Waals surface area contributed by atoms with Crippen molar-refractivity contribution in [3.05, 3.63) is 24.2 Å². The first kappa shape index (κ1) is 20.7. The van der Waals surface area contributed by atoms with Crippen LogP contribution in [0.25, 0.3) is 0 Å². The first-order valence-electron chi connectivity index (χ1n) is 10.2. The molecule has 1 atom stereocenters. The predicted molar refractivity (Wildman–Crippen MR) is 106 cm³/mol. The van der Waals surface area contributed by atoms with E-state index in [4.69, 9.17) is 9.15 Å². The van der Waals surface area contributed by atoms with Gasteiger partial charge < -0.3 is 29.4 Å². The highest BCUT2D eigenvalue weighted by Gasteiger charge is 2.31. The Morgan fingerprint density at radius 3 is 2.61 bits per heavy atom. The summed E-state index contributed by atoms with van der Waals surface area (Å²) in [6.45, 7) is 8.89. The van der Waals surface area contributed by atoms with E-state index in [9.17, 15) is 9.90 Å². The normalized spacial score (nSPS) is 21.5. The molecule has 0 bridgehead atoms. The second kappa shape index (κ2) is 9.43. The lowest BCUT2D eigenvalue weighted by atomic mass is 9.95. The third kappa shape index (κ3) is 5.05. The zero-order valence-corrected chi connectivity index (χ0v) is 16.9. The van der Waals surface area contributed by atoms with E-state index in [-0.39, 0.29) is 18.4 Å². The number of piperidine rings is 1. The van der Waals surface area contributed by atoms with Crippen molar-refractivity contribution < 1.29 is 19.1 Å². The molecule has 156 valence electrons. The number of amides is 1. The Hall–Kier alpha value is -2.06. The number of nitrogens with zero attached hydrogens (tertiary/aromatic N) is 3. The molecule has 0 aliphatic carbocycles. The van der Waals surface area contributed by atoms with E-state index < -0.39 is 5.60 Å². The third-order valence-corrected chi connectivity index (χ3v) is 5.39. The number of nitrogens with one attached hydrogen (secondary N) is 1. The molecule has 8 nitrogen and oxygen atoms in total. The summed E-state index contributed by atoms with van der Waals surface area (Å²) in [5.41, 5.74) is -1.16. The first-order valence-corrected chi connectivity index (χ1v) is 10.2. The lowest BCUT2D eigenvalue weighted by molar-refractivity contribution is -0.140. The zero-order chi connectivity index (χ0) is 20.0. The highest BCUT2D eigenvalue weighted by atomic mass is 16.5. The smallest absolute Gasteiger partial charge is 0.225 e. The number of furan rings is 1. The fourth-order valence-corrected chi connectivity index (χ4v) is 3.70. The van der Waals surface area contributed by atoms with Crippen LogP contribution in [0, 0.1) is 5.92 Å². The van der Waals surface area contributed by atoms with Gasteiger partial charge >= 0.3 is 0 Å². The fourth-order valence-electron chi connectivity index (χ4n) is 3.70. The fraction of sp³-hybridized carbons (Fsp3) is 0.700. The number of carbonyl (C=O) groups excluding carboxylic acids is 1. The molecule has 1 unspecified atom stereocenters. The molecule has 2 aliphatic rings. The maximum atomic E-state index is 12.7. The third-order valence-electron chi connectivity index (χ3n) is 5.39. The van der Waals surface area contributed by atoms with Gasteiger partial charge in [-0.1, -0.05) is 0 Å². The lowest BCUT2D eigenvalue weighted by Crippen LogP contribution is -2.50. The highest BCUT2D eigenvalue weighted by Crippen LogP contribution is 2.23. The molecule has 0 radical (unpaired) electrons. The molecule has 1 aromatic heterocycles. The van der Waals surface area contributed by atoms with E-state index in [1.807, 2.05) is 11.8 Å². The number of carbonyl (C=O) groups is 1. The summed E-state index contributed by atoms with van der Waals surface area (Å²) in [6, 6.07) is 3.51. The summed E-state index contributed by atoms with van der Waals surface area (Å²) in [6.07, 6.45) is 3.18. The molecule has 2 aliphatic heterocycles. The van der Waals surface area contributed by atoms with Crippen LogP contribution in [0.4, 0.5) is 0 Å². The second-order valence-corrected chi connectivity index (χ2v) is 7.62. The van der Waals surface area contributed by atoms with E-state index in [0.29, 0.717) is 32.1 Å². The predicted octanol–water partition coefficient (Wildman–Crippen LogP) is 1.02. The number of ether oxygens (including phenoxy) is 1. The number of hydrogen-bond acceptors (Lipinski definition) is 5. The van der Waals surface area contributed by atoms with E-state index >= 15 is 0 Å². The summed E-state index contributed by atoms with van der Waals surface area (Å²) in [7, 11) is 0. The van der Waals surface area contributed by atoms with Gasteiger partial charge in [-0.3, -0.25) is 4.79 Å². The zero-order valence-electron chi connectivity index (χ0n) is 16.9. The maximum absolute atomic E-state index is 12.7. The van der Waals surface area contributed by atoms with E-state index in [0.717, 1.165) is 38.4 Å². The molecule has 1 amide bonds. The Balaban J connectivity index is 1.57. The van der Waals surface area contributed by atoms with Crippen molar-refractivity contribution in [2.45, 2.75) is 32.3 Å². The number of morpholine rings is 1. The minimum Gasteiger partial charge on any atom is -0.466 e. The topological polar surface area (TPSA) is 90.5 Å². The Bertz CT molecular complexity index is 645. The van der Waals surface area contributed by atoms with Crippen LogP contribution in [-0.4, -0.2) is 79.3 Å². The molecule has 3 rings (SSSR count). The second-order valence-electron chi connectivity index (χ2n) is 7.62. The standard InChI is InChI=1S/C20H32N4O4/c1-3-21-19(22-15-20(2,26)17-5-4-12-28-17)24-8-6-16(7-9-24)18(25)23-10-13-27-14-11-23/h4-5,12,16,26H,3,6-11,13-15H2,1-2H3,(H,21,22). The number of aliphatic imine (C=N–C) groups is 1. The van der Waals surface area contributed by atoms with Gasteiger partial charge in [0.2, 0.25) is 5.91 Å². The van der Waals surface area contributed by atoms with Gasteiger partial charge in [-0.2, -0.15) is 0 Å². The summed E-state index contributed by atoms with van der Waals surface area (Å²) in [4.78, 5) is 21.4. The van der Waals surface area contributed by atoms with Gasteiger partial charge in [0.1, 0.15) is 11.4 Å². The van der Waals surface area contributed by atoms with Gasteiger partial charge in [0.05, 0.1) is 26.0 Å². The molecule has 0 aromatic carbocycles. The van der Waals surface area contributed by atoms with Crippen LogP contribution in [-0.2, 0) is 15.1 Å². The number of likely N-dealkylation sites (tertiary alicyclic amines) is 1. The Morgan fingerprint density at radius 1 is 1.29 bits per heavy atom. The molecular weight excluding hydrogens is 360 g/mol. The van der Waals surface area contributed by atoms with Crippen molar-refractivity contribution in [3.8, 4) is 0 Å². The van der Waals surface area contributed by atoms with Crippen LogP contribution in [0.3, 0.4) is 0 Å². The monoisotopic (exact) mass is 392 g/mol. The largest absolute Gasteiger partial charge is 0.466 e. The van der Waals surface area contributed by atoms with Crippen molar-refractivity contribution in [1.29, 1.82) is 0 Å². The molecular formula is C20H32N4O4. The van der Waals surface area contributed by atoms with Crippen LogP contribution in [0.5, 0.6) is 0 Å². The highest BCUT2D eigenvalue weighted by molar-refractivity contribution is 5.82. The van der Waals surface area contributed by atoms with Crippen LogP contribution < -0.4 is 5.32 Å². The van der Waals surface area contributed by atoms with Gasteiger partial charge in [0.15, 0.2) is 5.96 Å². The van der Waals surface area contributed by atoms with Crippen LogP contribution in [0.2, 0.25) is 0 Å². The number of guanidine groups is 1. The average molecular weight is 393 g/mol. The van der Waals surface area contributed by atoms with Gasteiger partial charge in [0, 0.05) is 38.6 Å². The van der Waals surface area contributed by atoms with Crippen molar-refractivity contribution in [2.24, 2.45) is 10.9 Å². The molecule has 0 spiro atoms. The van der Waals surface area contributed by atoms with Gasteiger partial charge in [0.25, 0.3) is 0 Å². The number of rotatable bonds is 5. The average Bonchev–Trinajstić information content (AvgIpc) is 3.27. The van der Waals surface area contributed by atoms with Crippen LogP contribution in [0.15, 0.2) is 27.8 Å². The van der Waals surface area contributed by atoms with Crippen LogP contribution in [0.1, 0.15) is 32.4 Å². The summed E-state index contributed by atoms with van der Waals surface area (Å²) in [5, 5.41) is 13.9. The quantitative estimate of drug-likeness (QED) is 0.574. The van der Waals surface area contributed by atoms with Crippen molar-refractivity contribution in [1.82, 2.24) is 15.1 Å². The minimum atomic E-state index is -1.16. The van der Waals surface area contributed by atoms with Crippen LogP contribution >= 0.6 is 0 Å². The number of aliphatic hydroxyl groups is 1. The molecule has 0 saturated carbocycles. The Kier molecular flexibility index (Phi) is 6.96. The Labute approximate surface area is 166 Å². The van der Waals surface area contributed by atoms with Crippen molar-refractivity contribution in [2.75, 3.05) is 52.5 Å². The molecule has 8 heteroatoms. The van der Waals surface area contributed by atoms with E-state index in [1.165, 1.54) is 0 Å². The van der Waals surface area contributed by atoms with Gasteiger partial charge in [-0.25, -0.2) is 4.99 Å². The van der Waals surface area contributed by atoms with Crippen molar-refractivity contribution in [3.63, 3.8) is 0 Å². The SMILES string of the molecule is CCNC(=NCC(C)(O)c1ccco1)N1CCC(C(=O)N2CCOCC2)CC1. The lowest BCUT2D eigenvalue weighted by Gasteiger charge is -2.37. The van der Waals surface area contributed by atoms with E-state index in [1.54, 1.807) is 25.3 Å². The van der Waals surface area contributed by atoms with Crippen molar-refractivity contribution >= 4 is 11.9 Å². The Morgan fingerprint density at radius 2 is 2.00 bits per heavy atom. The van der Waals surface area contributed by atoms with Gasteiger partial charge in [-0.15, -0.1) is 0 Å². The molecule has 28 heavy (non-hydrogen) atoms. The number of hydrogen-bond donors (Lipinski definition) is 2. The maximum Gasteiger partial charge on any atom is 0.225 e. The summed E-state index contributed by atoms with van der Waals surface area (Å²) >= 11 is 0. The van der Waals surface area contributed by atoms with Gasteiger partial charge in [-0.05, 0) is 38.8 Å². The molecule has 3 heterocycles. The summed E-state index contributed by atoms with van der Waals surface area (Å²) < 4.78 is 10.7. The molecule has 2 saturated heterocycles. The minimum absolute atomic E-state index is 0.0726. The molecule has 2 fully saturated rings.